The van der Waals surface area contributed by atoms with Gasteiger partial charge in [0.2, 0.25) is 5.91 Å². The van der Waals surface area contributed by atoms with Crippen LogP contribution in [0, 0.1) is 18.6 Å². The molecule has 5 rings (SSSR count). The topological polar surface area (TPSA) is 81.8 Å². The molecule has 9 heteroatoms. The van der Waals surface area contributed by atoms with Crippen LogP contribution in [0.1, 0.15) is 24.5 Å². The predicted molar refractivity (Wildman–Crippen MR) is 138 cm³/mol. The summed E-state index contributed by atoms with van der Waals surface area (Å²) < 4.78 is 30.7. The van der Waals surface area contributed by atoms with Crippen LogP contribution < -0.4 is 10.9 Å². The fraction of sp³-hybridized carbons (Fsp3) is 0.143. The second-order valence-corrected chi connectivity index (χ2v) is 8.69. The Kier molecular flexibility index (Phi) is 6.35. The van der Waals surface area contributed by atoms with E-state index in [1.807, 2.05) is 23.8 Å². The van der Waals surface area contributed by atoms with E-state index in [2.05, 4.69) is 15.3 Å². The highest BCUT2D eigenvalue weighted by molar-refractivity contribution is 5.90. The highest BCUT2D eigenvalue weighted by Gasteiger charge is 2.16. The molecule has 0 aliphatic rings. The summed E-state index contributed by atoms with van der Waals surface area (Å²) in [6, 6.07) is 12.2. The van der Waals surface area contributed by atoms with E-state index in [0.717, 1.165) is 22.2 Å². The molecule has 0 atom stereocenters. The van der Waals surface area contributed by atoms with E-state index in [1.165, 1.54) is 35.0 Å². The van der Waals surface area contributed by atoms with Gasteiger partial charge in [0.25, 0.3) is 5.56 Å². The lowest BCUT2D eigenvalue weighted by Crippen LogP contribution is -2.28. The molecule has 1 amide bonds. The first-order valence-electron chi connectivity index (χ1n) is 11.7. The van der Waals surface area contributed by atoms with Crippen molar-refractivity contribution in [2.45, 2.75) is 26.8 Å². The molecule has 0 unspecified atom stereocenters. The highest BCUT2D eigenvalue weighted by atomic mass is 19.1. The zero-order valence-electron chi connectivity index (χ0n) is 20.2. The minimum absolute atomic E-state index is 0.0517. The number of pyridine rings is 1. The number of fused-ring (bicyclic) bond motifs is 1. The quantitative estimate of drug-likeness (QED) is 0.347. The number of rotatable bonds is 6. The molecule has 186 valence electrons. The smallest absolute Gasteiger partial charge is 0.277 e. The normalized spacial score (nSPS) is 11.1. The van der Waals surface area contributed by atoms with E-state index in [1.54, 1.807) is 37.5 Å². The number of hydrogen-bond donors (Lipinski definition) is 1. The summed E-state index contributed by atoms with van der Waals surface area (Å²) in [5.41, 5.74) is 3.33. The second kappa shape index (κ2) is 9.77. The molecule has 0 saturated carbocycles. The molecule has 0 fully saturated rings. The van der Waals surface area contributed by atoms with Gasteiger partial charge in [0.15, 0.2) is 0 Å². The van der Waals surface area contributed by atoms with Crippen LogP contribution in [0.15, 0.2) is 78.1 Å². The molecule has 0 radical (unpaired) electrons. The summed E-state index contributed by atoms with van der Waals surface area (Å²) in [4.78, 5) is 34.2. The molecular formula is C28H23F2N5O2. The van der Waals surface area contributed by atoms with Crippen LogP contribution >= 0.6 is 0 Å². The number of aryl methyl sites for hydroxylation is 1. The number of carbonyl (C=O) groups excluding carboxylic acids is 1. The third-order valence-electron chi connectivity index (χ3n) is 6.11. The lowest BCUT2D eigenvalue weighted by molar-refractivity contribution is -0.115. The van der Waals surface area contributed by atoms with Crippen molar-refractivity contribution in [3.05, 3.63) is 106 Å². The van der Waals surface area contributed by atoms with Crippen LogP contribution in [0.5, 0.6) is 0 Å². The van der Waals surface area contributed by atoms with E-state index in [-0.39, 0.29) is 30.4 Å². The van der Waals surface area contributed by atoms with Gasteiger partial charge in [0.05, 0.1) is 30.1 Å². The molecule has 0 spiro atoms. The van der Waals surface area contributed by atoms with Gasteiger partial charge in [0, 0.05) is 29.8 Å². The van der Waals surface area contributed by atoms with Gasteiger partial charge < -0.3 is 9.88 Å². The molecular weight excluding hydrogens is 476 g/mol. The van der Waals surface area contributed by atoms with Gasteiger partial charge in [-0.25, -0.2) is 13.8 Å². The maximum Gasteiger partial charge on any atom is 0.277 e. The van der Waals surface area contributed by atoms with Crippen LogP contribution in [-0.2, 0) is 11.3 Å². The van der Waals surface area contributed by atoms with Crippen LogP contribution in [0.4, 0.5) is 14.5 Å². The molecule has 1 N–H and O–H groups in total. The Labute approximate surface area is 211 Å². The average Bonchev–Trinajstić information content (AvgIpc) is 3.22. The number of anilines is 1. The van der Waals surface area contributed by atoms with E-state index in [9.17, 15) is 18.4 Å². The number of aromatic nitrogens is 4. The van der Waals surface area contributed by atoms with Crippen molar-refractivity contribution in [3.8, 4) is 17.1 Å². The molecule has 37 heavy (non-hydrogen) atoms. The monoisotopic (exact) mass is 499 g/mol. The van der Waals surface area contributed by atoms with E-state index in [4.69, 9.17) is 0 Å². The van der Waals surface area contributed by atoms with E-state index in [0.29, 0.717) is 17.0 Å². The number of halogens is 2. The molecule has 3 heterocycles. The third-order valence-corrected chi connectivity index (χ3v) is 6.11. The molecule has 0 aliphatic heterocycles. The number of hydrogen-bond acceptors (Lipinski definition) is 4. The van der Waals surface area contributed by atoms with Crippen molar-refractivity contribution in [2.75, 3.05) is 5.32 Å². The minimum atomic E-state index is -0.445. The summed E-state index contributed by atoms with van der Waals surface area (Å²) in [6.45, 7) is 3.69. The fourth-order valence-corrected chi connectivity index (χ4v) is 4.25. The predicted octanol–water partition coefficient (Wildman–Crippen LogP) is 5.23. The van der Waals surface area contributed by atoms with Gasteiger partial charge in [-0.2, -0.15) is 0 Å². The molecule has 7 nitrogen and oxygen atoms in total. The van der Waals surface area contributed by atoms with Gasteiger partial charge >= 0.3 is 0 Å². The van der Waals surface area contributed by atoms with Crippen LogP contribution in [0.3, 0.4) is 0 Å². The standard InChI is InChI=1S/C28H23F2N5O2/c1-3-26(36)33-24-14-32-27(19-4-6-20(29)7-5-19)35(28(24)37)16-18-10-22(13-31-12-18)34-15-17(2)23-11-21(30)8-9-25(23)34/h4-15H,3,16H2,1-2H3,(H,33,36). The Morgan fingerprint density at radius 3 is 2.51 bits per heavy atom. The summed E-state index contributed by atoms with van der Waals surface area (Å²) in [5.74, 6) is -0.705. The Bertz CT molecular complexity index is 1690. The zero-order valence-corrected chi connectivity index (χ0v) is 20.2. The maximum absolute atomic E-state index is 13.8. The van der Waals surface area contributed by atoms with Crippen LogP contribution in [-0.4, -0.2) is 25.0 Å². The van der Waals surface area contributed by atoms with Gasteiger partial charge in [-0.1, -0.05) is 6.92 Å². The molecule has 0 aliphatic carbocycles. The lowest BCUT2D eigenvalue weighted by Gasteiger charge is -2.15. The Morgan fingerprint density at radius 1 is 1.00 bits per heavy atom. The lowest BCUT2D eigenvalue weighted by atomic mass is 10.2. The Balaban J connectivity index is 1.60. The van der Waals surface area contributed by atoms with Crippen LogP contribution in [0.2, 0.25) is 0 Å². The third kappa shape index (κ3) is 4.75. The van der Waals surface area contributed by atoms with Gasteiger partial charge in [-0.15, -0.1) is 0 Å². The SMILES string of the molecule is CCC(=O)Nc1cnc(-c2ccc(F)cc2)n(Cc2cncc(-n3cc(C)c4cc(F)ccc43)c2)c1=O. The largest absolute Gasteiger partial charge is 0.320 e. The van der Waals surface area contributed by atoms with Crippen molar-refractivity contribution in [3.63, 3.8) is 0 Å². The van der Waals surface area contributed by atoms with Crippen molar-refractivity contribution in [1.29, 1.82) is 0 Å². The Hall–Kier alpha value is -4.66. The summed E-state index contributed by atoms with van der Waals surface area (Å²) in [5, 5.41) is 3.39. The molecule has 5 aromatic rings. The first kappa shape index (κ1) is 24.1. The van der Waals surface area contributed by atoms with Gasteiger partial charge in [-0.3, -0.25) is 19.1 Å². The number of amides is 1. The zero-order chi connectivity index (χ0) is 26.1. The number of nitrogens with zero attached hydrogens (tertiary/aromatic N) is 4. The second-order valence-electron chi connectivity index (χ2n) is 8.69. The van der Waals surface area contributed by atoms with Crippen molar-refractivity contribution in [2.24, 2.45) is 0 Å². The van der Waals surface area contributed by atoms with Crippen molar-refractivity contribution in [1.82, 2.24) is 19.1 Å². The number of carbonyl (C=O) groups is 1. The first-order chi connectivity index (χ1) is 17.8. The van der Waals surface area contributed by atoms with Gasteiger partial charge in [-0.05, 0) is 66.6 Å². The van der Waals surface area contributed by atoms with Crippen LogP contribution in [0.25, 0.3) is 28.0 Å². The van der Waals surface area contributed by atoms with Gasteiger partial charge in [0.1, 0.15) is 23.1 Å². The summed E-state index contributed by atoms with van der Waals surface area (Å²) >= 11 is 0. The highest BCUT2D eigenvalue weighted by Crippen LogP contribution is 2.26. The average molecular weight is 500 g/mol. The Morgan fingerprint density at radius 2 is 1.76 bits per heavy atom. The molecule has 2 aromatic carbocycles. The fourth-order valence-electron chi connectivity index (χ4n) is 4.25. The van der Waals surface area contributed by atoms with E-state index >= 15 is 0 Å². The maximum atomic E-state index is 13.8. The van der Waals surface area contributed by atoms with E-state index < -0.39 is 11.4 Å². The first-order valence-corrected chi connectivity index (χ1v) is 11.7. The van der Waals surface area contributed by atoms with Crippen molar-refractivity contribution < 1.29 is 13.6 Å². The summed E-state index contributed by atoms with van der Waals surface area (Å²) in [6.07, 6.45) is 6.75. The molecule has 3 aromatic heterocycles. The van der Waals surface area contributed by atoms with Crippen molar-refractivity contribution >= 4 is 22.5 Å². The molecule has 0 saturated heterocycles. The molecule has 0 bridgehead atoms. The number of nitrogens with one attached hydrogen (secondary N) is 1. The number of benzene rings is 2. The summed E-state index contributed by atoms with van der Waals surface area (Å²) in [7, 11) is 0. The minimum Gasteiger partial charge on any atom is -0.320 e.